The van der Waals surface area contributed by atoms with Crippen LogP contribution in [-0.4, -0.2) is 38.8 Å². The van der Waals surface area contributed by atoms with Gasteiger partial charge in [0.1, 0.15) is 0 Å². The van der Waals surface area contributed by atoms with Gasteiger partial charge in [0.15, 0.2) is 5.96 Å². The monoisotopic (exact) mass is 503 g/mol. The van der Waals surface area contributed by atoms with Crippen molar-refractivity contribution < 1.29 is 4.74 Å². The van der Waals surface area contributed by atoms with E-state index >= 15 is 0 Å². The lowest BCUT2D eigenvalue weighted by Gasteiger charge is -2.10. The molecule has 0 aliphatic heterocycles. The first-order valence-corrected chi connectivity index (χ1v) is 9.21. The average Bonchev–Trinajstić information content (AvgIpc) is 2.88. The van der Waals surface area contributed by atoms with E-state index in [1.54, 1.807) is 11.3 Å². The second-order valence-electron chi connectivity index (χ2n) is 4.55. The molecular formula is C15H27BrIN3OS. The maximum Gasteiger partial charge on any atom is 0.191 e. The van der Waals surface area contributed by atoms with Crippen molar-refractivity contribution in [2.45, 2.75) is 33.1 Å². The van der Waals surface area contributed by atoms with Crippen molar-refractivity contribution in [2.24, 2.45) is 4.99 Å². The summed E-state index contributed by atoms with van der Waals surface area (Å²) in [5.41, 5.74) is 0. The summed E-state index contributed by atoms with van der Waals surface area (Å²) >= 11 is 5.27. The topological polar surface area (TPSA) is 45.7 Å². The second kappa shape index (κ2) is 14.7. The van der Waals surface area contributed by atoms with E-state index in [1.165, 1.54) is 8.66 Å². The van der Waals surface area contributed by atoms with Gasteiger partial charge in [-0.3, -0.25) is 4.99 Å². The largest absolute Gasteiger partial charge is 0.382 e. The Morgan fingerprint density at radius 1 is 1.27 bits per heavy atom. The zero-order chi connectivity index (χ0) is 15.3. The first-order valence-electron chi connectivity index (χ1n) is 7.60. The molecule has 0 aromatic carbocycles. The third-order valence-corrected chi connectivity index (χ3v) is 4.49. The number of nitrogens with zero attached hydrogens (tertiary/aromatic N) is 1. The summed E-state index contributed by atoms with van der Waals surface area (Å²) in [5.74, 6) is 0.907. The number of halogens is 2. The van der Waals surface area contributed by atoms with Crippen LogP contribution in [0.3, 0.4) is 0 Å². The molecular weight excluding hydrogens is 477 g/mol. The SMILES string of the molecule is CCNC(=NCCCCOCC)NCCc1ccc(Br)s1.I. The van der Waals surface area contributed by atoms with Gasteiger partial charge >= 0.3 is 0 Å². The summed E-state index contributed by atoms with van der Waals surface area (Å²) in [4.78, 5) is 5.96. The van der Waals surface area contributed by atoms with Crippen LogP contribution in [0, 0.1) is 0 Å². The van der Waals surface area contributed by atoms with Gasteiger partial charge in [0, 0.05) is 37.7 Å². The Bertz CT molecular complexity index is 415. The van der Waals surface area contributed by atoms with Gasteiger partial charge in [0.25, 0.3) is 0 Å². The Labute approximate surface area is 163 Å². The van der Waals surface area contributed by atoms with E-state index in [0.717, 1.165) is 58.1 Å². The number of unbranched alkanes of at least 4 members (excludes halogenated alkanes) is 1. The van der Waals surface area contributed by atoms with Gasteiger partial charge in [-0.25, -0.2) is 0 Å². The van der Waals surface area contributed by atoms with E-state index in [9.17, 15) is 0 Å². The first-order chi connectivity index (χ1) is 10.3. The third-order valence-electron chi connectivity index (χ3n) is 2.81. The smallest absolute Gasteiger partial charge is 0.191 e. The lowest BCUT2D eigenvalue weighted by atomic mass is 10.3. The minimum atomic E-state index is 0. The Morgan fingerprint density at radius 3 is 2.73 bits per heavy atom. The maximum absolute atomic E-state index is 5.32. The van der Waals surface area contributed by atoms with Crippen molar-refractivity contribution >= 4 is 57.2 Å². The van der Waals surface area contributed by atoms with Crippen LogP contribution in [0.25, 0.3) is 0 Å². The molecule has 7 heteroatoms. The molecule has 1 aromatic heterocycles. The lowest BCUT2D eigenvalue weighted by molar-refractivity contribution is 0.144. The van der Waals surface area contributed by atoms with Gasteiger partial charge in [0.2, 0.25) is 0 Å². The predicted octanol–water partition coefficient (Wildman–Crippen LogP) is 4.04. The van der Waals surface area contributed by atoms with E-state index < -0.39 is 0 Å². The molecule has 4 nitrogen and oxygen atoms in total. The molecule has 0 atom stereocenters. The van der Waals surface area contributed by atoms with Crippen LogP contribution in [-0.2, 0) is 11.2 Å². The first kappa shape index (κ1) is 22.1. The molecule has 22 heavy (non-hydrogen) atoms. The molecule has 0 spiro atoms. The van der Waals surface area contributed by atoms with E-state index in [-0.39, 0.29) is 24.0 Å². The van der Waals surface area contributed by atoms with Crippen molar-refractivity contribution in [3.05, 3.63) is 20.8 Å². The lowest BCUT2D eigenvalue weighted by Crippen LogP contribution is -2.38. The molecule has 2 N–H and O–H groups in total. The Morgan fingerprint density at radius 2 is 2.09 bits per heavy atom. The second-order valence-corrected chi connectivity index (χ2v) is 7.09. The van der Waals surface area contributed by atoms with E-state index in [1.807, 2.05) is 6.92 Å². The van der Waals surface area contributed by atoms with Crippen molar-refractivity contribution in [2.75, 3.05) is 32.8 Å². The van der Waals surface area contributed by atoms with E-state index in [0.29, 0.717) is 0 Å². The normalized spacial score (nSPS) is 11.1. The Hall–Kier alpha value is 0.140. The standard InChI is InChI=1S/C15H26BrN3OS.HI/c1-3-17-15(18-10-5-6-12-20-4-2)19-11-9-13-7-8-14(16)21-13;/h7-8H,3-6,9-12H2,1-2H3,(H2,17,18,19);1H. The molecule has 1 rings (SSSR count). The van der Waals surface area contributed by atoms with Crippen LogP contribution < -0.4 is 10.6 Å². The summed E-state index contributed by atoms with van der Waals surface area (Å²) in [5, 5.41) is 6.66. The molecule has 128 valence electrons. The molecule has 1 aromatic rings. The van der Waals surface area contributed by atoms with Gasteiger partial charge in [-0.15, -0.1) is 35.3 Å². The summed E-state index contributed by atoms with van der Waals surface area (Å²) < 4.78 is 6.51. The minimum Gasteiger partial charge on any atom is -0.382 e. The number of rotatable bonds is 10. The fourth-order valence-corrected chi connectivity index (χ4v) is 3.27. The van der Waals surface area contributed by atoms with Crippen LogP contribution in [0.4, 0.5) is 0 Å². The Balaban J connectivity index is 0.00000441. The number of guanidine groups is 1. The van der Waals surface area contributed by atoms with Crippen LogP contribution in [0.2, 0.25) is 0 Å². The number of aliphatic imine (C=N–C) groups is 1. The molecule has 0 radical (unpaired) electrons. The molecule has 0 aliphatic carbocycles. The molecule has 0 unspecified atom stereocenters. The molecule has 0 bridgehead atoms. The quantitative estimate of drug-likeness (QED) is 0.219. The fraction of sp³-hybridized carbons (Fsp3) is 0.667. The van der Waals surface area contributed by atoms with Crippen LogP contribution >= 0.6 is 51.2 Å². The molecule has 0 saturated carbocycles. The van der Waals surface area contributed by atoms with Gasteiger partial charge < -0.3 is 15.4 Å². The highest BCUT2D eigenvalue weighted by atomic mass is 127. The van der Waals surface area contributed by atoms with Crippen molar-refractivity contribution in [1.29, 1.82) is 0 Å². The third kappa shape index (κ3) is 10.8. The van der Waals surface area contributed by atoms with Crippen molar-refractivity contribution in [3.63, 3.8) is 0 Å². The molecule has 0 saturated heterocycles. The Kier molecular flexibility index (Phi) is 14.8. The number of nitrogens with one attached hydrogen (secondary N) is 2. The van der Waals surface area contributed by atoms with E-state index in [4.69, 9.17) is 4.74 Å². The zero-order valence-corrected chi connectivity index (χ0v) is 18.1. The van der Waals surface area contributed by atoms with Crippen LogP contribution in [0.5, 0.6) is 0 Å². The summed E-state index contributed by atoms with van der Waals surface area (Å²) in [6.45, 7) is 8.37. The van der Waals surface area contributed by atoms with Crippen molar-refractivity contribution in [1.82, 2.24) is 10.6 Å². The van der Waals surface area contributed by atoms with Crippen LogP contribution in [0.1, 0.15) is 31.6 Å². The van der Waals surface area contributed by atoms with Gasteiger partial charge in [-0.1, -0.05) is 0 Å². The highest BCUT2D eigenvalue weighted by molar-refractivity contribution is 14.0. The number of hydrogen-bond acceptors (Lipinski definition) is 3. The van der Waals surface area contributed by atoms with Gasteiger partial charge in [0.05, 0.1) is 3.79 Å². The summed E-state index contributed by atoms with van der Waals surface area (Å²) in [6.07, 6.45) is 3.15. The van der Waals surface area contributed by atoms with Crippen molar-refractivity contribution in [3.8, 4) is 0 Å². The molecule has 0 amide bonds. The number of hydrogen-bond donors (Lipinski definition) is 2. The molecule has 0 aliphatic rings. The highest BCUT2D eigenvalue weighted by Crippen LogP contribution is 2.21. The predicted molar refractivity (Wildman–Crippen MR) is 111 cm³/mol. The fourth-order valence-electron chi connectivity index (χ4n) is 1.78. The van der Waals surface area contributed by atoms with Crippen LogP contribution in [0.15, 0.2) is 20.9 Å². The van der Waals surface area contributed by atoms with Gasteiger partial charge in [-0.2, -0.15) is 0 Å². The minimum absolute atomic E-state index is 0. The highest BCUT2D eigenvalue weighted by Gasteiger charge is 2.00. The number of thiophene rings is 1. The van der Waals surface area contributed by atoms with Gasteiger partial charge in [-0.05, 0) is 61.2 Å². The molecule has 0 fully saturated rings. The molecule has 1 heterocycles. The van der Waals surface area contributed by atoms with E-state index in [2.05, 4.69) is 50.6 Å². The maximum atomic E-state index is 5.32. The zero-order valence-electron chi connectivity index (χ0n) is 13.4. The average molecular weight is 504 g/mol. The summed E-state index contributed by atoms with van der Waals surface area (Å²) in [6, 6.07) is 4.26. The summed E-state index contributed by atoms with van der Waals surface area (Å²) in [7, 11) is 0. The number of ether oxygens (including phenoxy) is 1.